The van der Waals surface area contributed by atoms with Gasteiger partial charge in [-0.2, -0.15) is 0 Å². The Bertz CT molecular complexity index is 1220. The number of nitrogens with zero attached hydrogens (tertiary/aromatic N) is 3. The molecule has 7 heteroatoms. The summed E-state index contributed by atoms with van der Waals surface area (Å²) in [5.74, 6) is -0.369. The predicted molar refractivity (Wildman–Crippen MR) is 121 cm³/mol. The Balaban J connectivity index is 1.68. The van der Waals surface area contributed by atoms with E-state index in [1.54, 1.807) is 12.5 Å². The number of hydrogen-bond donors (Lipinski definition) is 2. The molecule has 0 fully saturated rings. The van der Waals surface area contributed by atoms with Crippen LogP contribution in [0.5, 0.6) is 0 Å². The van der Waals surface area contributed by atoms with Crippen molar-refractivity contribution in [2.45, 2.75) is 26.4 Å². The number of carbonyl (C=O) groups excluding carboxylic acids is 1. The minimum Gasteiger partial charge on any atom is -0.457 e. The summed E-state index contributed by atoms with van der Waals surface area (Å²) in [6.07, 6.45) is 3.80. The number of benzene rings is 1. The second-order valence-electron chi connectivity index (χ2n) is 7.42. The summed E-state index contributed by atoms with van der Waals surface area (Å²) < 4.78 is 5.60. The quantitative estimate of drug-likeness (QED) is 0.441. The monoisotopic (exact) mass is 415 g/mol. The van der Waals surface area contributed by atoms with Crippen molar-refractivity contribution in [3.05, 3.63) is 66.2 Å². The van der Waals surface area contributed by atoms with Crippen LogP contribution in [-0.2, 0) is 4.74 Å². The highest BCUT2D eigenvalue weighted by atomic mass is 16.5. The number of nitrogens with one attached hydrogen (secondary N) is 2. The fraction of sp³-hybridized carbons (Fsp3) is 0.250. The lowest BCUT2D eigenvalue weighted by molar-refractivity contribution is 0.0297. The molecule has 7 nitrogen and oxygen atoms in total. The molecular weight excluding hydrogens is 390 g/mol. The third kappa shape index (κ3) is 4.46. The van der Waals surface area contributed by atoms with Crippen LogP contribution in [0.1, 0.15) is 29.4 Å². The van der Waals surface area contributed by atoms with Crippen molar-refractivity contribution in [2.24, 2.45) is 0 Å². The van der Waals surface area contributed by atoms with E-state index in [0.29, 0.717) is 12.1 Å². The Kier molecular flexibility index (Phi) is 6.04. The SMILES string of the molecule is CC[C@@H](CNC)OC(=O)c1cnc2ccc(-c3nc[nH]c3-c3cccc(C)n3)cc2c1. The summed E-state index contributed by atoms with van der Waals surface area (Å²) in [5, 5.41) is 3.89. The van der Waals surface area contributed by atoms with Gasteiger partial charge >= 0.3 is 5.97 Å². The van der Waals surface area contributed by atoms with E-state index in [9.17, 15) is 4.79 Å². The van der Waals surface area contributed by atoms with Gasteiger partial charge in [0.05, 0.1) is 34.5 Å². The fourth-order valence-electron chi connectivity index (χ4n) is 3.50. The number of aromatic amines is 1. The molecule has 0 aliphatic rings. The van der Waals surface area contributed by atoms with Crippen LogP contribution in [0.15, 0.2) is 55.0 Å². The summed E-state index contributed by atoms with van der Waals surface area (Å²) in [6, 6.07) is 13.6. The van der Waals surface area contributed by atoms with E-state index in [1.165, 1.54) is 0 Å². The molecule has 0 aliphatic carbocycles. The zero-order chi connectivity index (χ0) is 21.8. The standard InChI is InChI=1S/C24H25N5O2/c1-4-19(13-25-3)31-24(30)18-11-17-10-16(8-9-20(17)26-12-18)22-23(28-14-27-22)21-7-5-6-15(2)29-21/h5-12,14,19,25H,4,13H2,1-3H3,(H,27,28)/t19-/m0/s1. The number of likely N-dealkylation sites (N-methyl/N-ethyl adjacent to an activating group) is 1. The first-order chi connectivity index (χ1) is 15.1. The number of aryl methyl sites for hydroxylation is 1. The Morgan fingerprint density at radius 3 is 2.84 bits per heavy atom. The average Bonchev–Trinajstić information content (AvgIpc) is 3.28. The van der Waals surface area contributed by atoms with Crippen LogP contribution in [0.25, 0.3) is 33.5 Å². The molecule has 31 heavy (non-hydrogen) atoms. The topological polar surface area (TPSA) is 92.8 Å². The van der Waals surface area contributed by atoms with E-state index in [2.05, 4.69) is 25.3 Å². The maximum Gasteiger partial charge on any atom is 0.340 e. The smallest absolute Gasteiger partial charge is 0.340 e. The molecule has 0 amide bonds. The molecule has 0 bridgehead atoms. The number of pyridine rings is 2. The Hall–Kier alpha value is -3.58. The summed E-state index contributed by atoms with van der Waals surface area (Å²) in [7, 11) is 1.84. The zero-order valence-electron chi connectivity index (χ0n) is 17.8. The first-order valence-corrected chi connectivity index (χ1v) is 10.3. The summed E-state index contributed by atoms with van der Waals surface area (Å²) >= 11 is 0. The second-order valence-corrected chi connectivity index (χ2v) is 7.42. The Morgan fingerprint density at radius 1 is 1.19 bits per heavy atom. The number of aromatic nitrogens is 4. The molecule has 4 aromatic rings. The fourth-order valence-corrected chi connectivity index (χ4v) is 3.50. The Labute approximate surface area is 180 Å². The van der Waals surface area contributed by atoms with Gasteiger partial charge in [-0.15, -0.1) is 0 Å². The van der Waals surface area contributed by atoms with Crippen molar-refractivity contribution in [3.63, 3.8) is 0 Å². The van der Waals surface area contributed by atoms with Crippen LogP contribution < -0.4 is 5.32 Å². The van der Waals surface area contributed by atoms with Gasteiger partial charge in [0.25, 0.3) is 0 Å². The van der Waals surface area contributed by atoms with Crippen LogP contribution in [-0.4, -0.2) is 45.6 Å². The predicted octanol–water partition coefficient (Wildman–Crippen LogP) is 4.15. The molecule has 3 aromatic heterocycles. The van der Waals surface area contributed by atoms with Crippen molar-refractivity contribution >= 4 is 16.9 Å². The molecule has 158 valence electrons. The highest BCUT2D eigenvalue weighted by Gasteiger charge is 2.16. The van der Waals surface area contributed by atoms with Gasteiger partial charge < -0.3 is 15.0 Å². The molecule has 3 heterocycles. The van der Waals surface area contributed by atoms with Crippen LogP contribution in [0.2, 0.25) is 0 Å². The first-order valence-electron chi connectivity index (χ1n) is 10.3. The molecule has 0 saturated heterocycles. The summed E-state index contributed by atoms with van der Waals surface area (Å²) in [5.41, 5.74) is 5.57. The molecule has 0 spiro atoms. The highest BCUT2D eigenvalue weighted by Crippen LogP contribution is 2.30. The molecule has 0 unspecified atom stereocenters. The van der Waals surface area contributed by atoms with Gasteiger partial charge in [-0.05, 0) is 50.7 Å². The number of carbonyl (C=O) groups is 1. The van der Waals surface area contributed by atoms with Gasteiger partial charge in [0.1, 0.15) is 6.10 Å². The molecule has 4 rings (SSSR count). The maximum absolute atomic E-state index is 12.6. The van der Waals surface area contributed by atoms with Crippen LogP contribution in [0.3, 0.4) is 0 Å². The molecule has 0 radical (unpaired) electrons. The molecule has 1 atom stereocenters. The van der Waals surface area contributed by atoms with Gasteiger partial charge in [0.2, 0.25) is 0 Å². The molecule has 1 aromatic carbocycles. The lowest BCUT2D eigenvalue weighted by Gasteiger charge is -2.15. The van der Waals surface area contributed by atoms with Gasteiger partial charge in [-0.3, -0.25) is 9.97 Å². The lowest BCUT2D eigenvalue weighted by atomic mass is 10.0. The van der Waals surface area contributed by atoms with Crippen molar-refractivity contribution in [3.8, 4) is 22.6 Å². The number of H-pyrrole nitrogens is 1. The number of esters is 1. The van der Waals surface area contributed by atoms with Crippen LogP contribution in [0, 0.1) is 6.92 Å². The highest BCUT2D eigenvalue weighted by molar-refractivity contribution is 5.95. The number of imidazole rings is 1. The van der Waals surface area contributed by atoms with E-state index in [0.717, 1.165) is 45.7 Å². The van der Waals surface area contributed by atoms with Crippen molar-refractivity contribution in [1.82, 2.24) is 25.3 Å². The summed E-state index contributed by atoms with van der Waals surface area (Å²) in [6.45, 7) is 4.56. The average molecular weight is 415 g/mol. The third-order valence-corrected chi connectivity index (χ3v) is 5.14. The molecular formula is C24H25N5O2. The zero-order valence-corrected chi connectivity index (χ0v) is 17.8. The van der Waals surface area contributed by atoms with Gasteiger partial charge in [-0.1, -0.05) is 19.1 Å². The van der Waals surface area contributed by atoms with Gasteiger partial charge in [0.15, 0.2) is 0 Å². The second kappa shape index (κ2) is 9.06. The maximum atomic E-state index is 12.6. The Morgan fingerprint density at radius 2 is 2.06 bits per heavy atom. The van der Waals surface area contributed by atoms with E-state index in [-0.39, 0.29) is 12.1 Å². The van der Waals surface area contributed by atoms with Crippen molar-refractivity contribution in [1.29, 1.82) is 0 Å². The minimum atomic E-state index is -0.369. The number of rotatable bonds is 7. The van der Waals surface area contributed by atoms with E-state index >= 15 is 0 Å². The number of hydrogen-bond acceptors (Lipinski definition) is 6. The normalized spacial score (nSPS) is 12.1. The van der Waals surface area contributed by atoms with Crippen molar-refractivity contribution in [2.75, 3.05) is 13.6 Å². The van der Waals surface area contributed by atoms with Crippen LogP contribution in [0.4, 0.5) is 0 Å². The summed E-state index contributed by atoms with van der Waals surface area (Å²) in [4.78, 5) is 29.4. The van der Waals surface area contributed by atoms with E-state index < -0.39 is 0 Å². The van der Waals surface area contributed by atoms with E-state index in [4.69, 9.17) is 4.74 Å². The lowest BCUT2D eigenvalue weighted by Crippen LogP contribution is -2.28. The van der Waals surface area contributed by atoms with Gasteiger partial charge in [-0.25, -0.2) is 9.78 Å². The number of ether oxygens (including phenoxy) is 1. The van der Waals surface area contributed by atoms with Crippen molar-refractivity contribution < 1.29 is 9.53 Å². The van der Waals surface area contributed by atoms with Gasteiger partial charge in [0, 0.05) is 29.4 Å². The minimum absolute atomic E-state index is 0.173. The largest absolute Gasteiger partial charge is 0.457 e. The number of fused-ring (bicyclic) bond motifs is 1. The first kappa shape index (κ1) is 20.7. The van der Waals surface area contributed by atoms with Crippen LogP contribution >= 0.6 is 0 Å². The molecule has 2 N–H and O–H groups in total. The molecule has 0 saturated carbocycles. The molecule has 0 aliphatic heterocycles. The van der Waals surface area contributed by atoms with E-state index in [1.807, 2.05) is 63.4 Å². The third-order valence-electron chi connectivity index (χ3n) is 5.14.